The van der Waals surface area contributed by atoms with Crippen molar-refractivity contribution in [3.8, 4) is 0 Å². The van der Waals surface area contributed by atoms with Crippen molar-refractivity contribution in [2.45, 2.75) is 69.1 Å². The van der Waals surface area contributed by atoms with Crippen molar-refractivity contribution in [1.29, 1.82) is 0 Å². The van der Waals surface area contributed by atoms with Crippen LogP contribution in [0.1, 0.15) is 44.9 Å². The van der Waals surface area contributed by atoms with E-state index in [2.05, 4.69) is 25.9 Å². The number of nitrogens with zero attached hydrogens (tertiary/aromatic N) is 2. The molecule has 0 aliphatic rings. The second-order valence-electron chi connectivity index (χ2n) is 8.49. The molecule has 0 bridgehead atoms. The molecule has 17 N–H and O–H groups in total. The predicted molar refractivity (Wildman–Crippen MR) is 141 cm³/mol. The fraction of sp³-hybridized carbons (Fsp3) is 0.714. The van der Waals surface area contributed by atoms with Gasteiger partial charge in [-0.3, -0.25) is 24.4 Å². The second-order valence-corrected chi connectivity index (χ2v) is 8.49. The molecule has 38 heavy (non-hydrogen) atoms. The Morgan fingerprint density at radius 2 is 1.13 bits per heavy atom. The Balaban J connectivity index is 5.60. The lowest BCUT2D eigenvalue weighted by Gasteiger charge is -2.25. The third-order valence-corrected chi connectivity index (χ3v) is 5.26. The third kappa shape index (κ3) is 15.4. The molecule has 0 saturated carbocycles. The van der Waals surface area contributed by atoms with Crippen LogP contribution in [0.5, 0.6) is 0 Å². The minimum absolute atomic E-state index is 0.0272. The molecule has 0 aromatic carbocycles. The Labute approximate surface area is 221 Å². The van der Waals surface area contributed by atoms with E-state index < -0.39 is 54.5 Å². The molecular formula is C21H43N11O6. The van der Waals surface area contributed by atoms with Gasteiger partial charge in [0.05, 0.1) is 12.6 Å². The first kappa shape index (κ1) is 34.3. The zero-order valence-corrected chi connectivity index (χ0v) is 21.5. The lowest BCUT2D eigenvalue weighted by molar-refractivity contribution is -0.143. The molecule has 0 rings (SSSR count). The van der Waals surface area contributed by atoms with E-state index in [0.29, 0.717) is 32.2 Å². The van der Waals surface area contributed by atoms with Crippen molar-refractivity contribution in [1.82, 2.24) is 16.0 Å². The maximum atomic E-state index is 13.2. The van der Waals surface area contributed by atoms with Crippen LogP contribution in [0.15, 0.2) is 9.98 Å². The molecule has 0 heterocycles. The van der Waals surface area contributed by atoms with Crippen molar-refractivity contribution in [3.05, 3.63) is 0 Å². The van der Waals surface area contributed by atoms with Crippen molar-refractivity contribution in [2.24, 2.45) is 44.4 Å². The largest absolute Gasteiger partial charge is 0.480 e. The van der Waals surface area contributed by atoms with Gasteiger partial charge in [-0.1, -0.05) is 6.42 Å². The summed E-state index contributed by atoms with van der Waals surface area (Å²) in [6, 6.07) is -4.78. The van der Waals surface area contributed by atoms with E-state index in [4.69, 9.17) is 39.5 Å². The summed E-state index contributed by atoms with van der Waals surface area (Å²) in [6.45, 7) is -0.0818. The molecule has 17 heteroatoms. The monoisotopic (exact) mass is 545 g/mol. The summed E-state index contributed by atoms with van der Waals surface area (Å²) in [4.78, 5) is 57.4. The number of aliphatic carboxylic acids is 1. The molecule has 218 valence electrons. The first-order valence-electron chi connectivity index (χ1n) is 12.2. The molecule has 0 radical (unpaired) electrons. The number of nitrogens with one attached hydrogen (secondary N) is 3. The van der Waals surface area contributed by atoms with Gasteiger partial charge in [0.2, 0.25) is 17.7 Å². The lowest BCUT2D eigenvalue weighted by atomic mass is 10.1. The van der Waals surface area contributed by atoms with E-state index in [-0.39, 0.29) is 44.3 Å². The molecule has 0 aliphatic carbocycles. The molecule has 0 aromatic heterocycles. The van der Waals surface area contributed by atoms with E-state index in [1.54, 1.807) is 0 Å². The number of aliphatic hydroxyl groups excluding tert-OH is 1. The average Bonchev–Trinajstić information content (AvgIpc) is 2.85. The highest BCUT2D eigenvalue weighted by atomic mass is 16.4. The van der Waals surface area contributed by atoms with Crippen LogP contribution in [-0.4, -0.2) is 96.2 Å². The molecule has 0 spiro atoms. The van der Waals surface area contributed by atoms with Gasteiger partial charge in [0, 0.05) is 13.1 Å². The number of guanidine groups is 2. The Kier molecular flexibility index (Phi) is 17.5. The number of carboxylic acids is 1. The Bertz CT molecular complexity index is 815. The van der Waals surface area contributed by atoms with Crippen LogP contribution in [0, 0.1) is 0 Å². The van der Waals surface area contributed by atoms with Crippen molar-refractivity contribution < 1.29 is 29.4 Å². The van der Waals surface area contributed by atoms with Crippen LogP contribution in [0.2, 0.25) is 0 Å². The minimum atomic E-state index is -1.58. The number of unbranched alkanes of at least 4 members (excludes halogenated alkanes) is 1. The van der Waals surface area contributed by atoms with Gasteiger partial charge in [-0.15, -0.1) is 0 Å². The van der Waals surface area contributed by atoms with Crippen LogP contribution in [0.4, 0.5) is 0 Å². The lowest BCUT2D eigenvalue weighted by Crippen LogP contribution is -2.57. The molecule has 4 atom stereocenters. The first-order chi connectivity index (χ1) is 17.9. The number of rotatable bonds is 20. The van der Waals surface area contributed by atoms with Gasteiger partial charge in [0.1, 0.15) is 18.1 Å². The second kappa shape index (κ2) is 19.4. The quantitative estimate of drug-likeness (QED) is 0.0389. The summed E-state index contributed by atoms with van der Waals surface area (Å²) in [5, 5.41) is 25.6. The van der Waals surface area contributed by atoms with Crippen LogP contribution in [0.3, 0.4) is 0 Å². The smallest absolute Gasteiger partial charge is 0.328 e. The summed E-state index contributed by atoms with van der Waals surface area (Å²) in [5.41, 5.74) is 32.6. The molecule has 0 aliphatic heterocycles. The summed E-state index contributed by atoms with van der Waals surface area (Å²) in [7, 11) is 0. The molecule has 0 fully saturated rings. The van der Waals surface area contributed by atoms with Crippen LogP contribution >= 0.6 is 0 Å². The van der Waals surface area contributed by atoms with Crippen LogP contribution in [-0.2, 0) is 19.2 Å². The number of hydrogen-bond acceptors (Lipinski definition) is 9. The van der Waals surface area contributed by atoms with Gasteiger partial charge in [-0.05, 0) is 45.1 Å². The maximum absolute atomic E-state index is 13.2. The zero-order valence-electron chi connectivity index (χ0n) is 21.5. The number of carboxylic acid groups (broad SMARTS) is 1. The number of carbonyl (C=O) groups excluding carboxylic acids is 3. The fourth-order valence-electron chi connectivity index (χ4n) is 3.19. The maximum Gasteiger partial charge on any atom is 0.328 e. The zero-order chi connectivity index (χ0) is 29.1. The normalized spacial score (nSPS) is 13.8. The highest BCUT2D eigenvalue weighted by Crippen LogP contribution is 2.06. The number of nitrogens with two attached hydrogens (primary N) is 6. The van der Waals surface area contributed by atoms with Crippen molar-refractivity contribution >= 4 is 35.6 Å². The number of amides is 3. The van der Waals surface area contributed by atoms with Gasteiger partial charge >= 0.3 is 5.97 Å². The molecule has 4 unspecified atom stereocenters. The van der Waals surface area contributed by atoms with E-state index in [0.717, 1.165) is 0 Å². The van der Waals surface area contributed by atoms with E-state index in [1.807, 2.05) is 0 Å². The summed E-state index contributed by atoms with van der Waals surface area (Å²) in [6.07, 6.45) is 2.37. The third-order valence-electron chi connectivity index (χ3n) is 5.26. The standard InChI is InChI=1S/C21H43N11O6/c22-8-2-1-5-12(23)16(34)30-13(6-3-9-28-20(24)25)17(35)31-14(7-4-10-29-21(26)27)18(36)32-15(11-33)19(37)38/h12-15,33H,1-11,22-23H2,(H,30,34)(H,31,35)(H,32,36)(H,37,38)(H4,24,25,28)(H4,26,27,29). The van der Waals surface area contributed by atoms with Crippen LogP contribution in [0.25, 0.3) is 0 Å². The molecule has 3 amide bonds. The summed E-state index contributed by atoms with van der Waals surface area (Å²) >= 11 is 0. The Hall–Kier alpha value is -3.70. The Morgan fingerprint density at radius 1 is 0.684 bits per heavy atom. The molecule has 17 nitrogen and oxygen atoms in total. The van der Waals surface area contributed by atoms with Gasteiger partial charge in [-0.25, -0.2) is 4.79 Å². The number of aliphatic hydroxyl groups is 1. The predicted octanol–water partition coefficient (Wildman–Crippen LogP) is -4.92. The van der Waals surface area contributed by atoms with Crippen molar-refractivity contribution in [2.75, 3.05) is 26.2 Å². The van der Waals surface area contributed by atoms with E-state index in [1.165, 1.54) is 0 Å². The van der Waals surface area contributed by atoms with Gasteiger partial charge in [0.25, 0.3) is 0 Å². The summed E-state index contributed by atoms with van der Waals surface area (Å²) < 4.78 is 0. The van der Waals surface area contributed by atoms with E-state index >= 15 is 0 Å². The minimum Gasteiger partial charge on any atom is -0.480 e. The fourth-order valence-corrected chi connectivity index (χ4v) is 3.19. The number of hydrogen-bond donors (Lipinski definition) is 11. The number of aliphatic imine (C=N–C) groups is 2. The molecule has 0 saturated heterocycles. The highest BCUT2D eigenvalue weighted by molar-refractivity contribution is 5.94. The number of carbonyl (C=O) groups is 4. The van der Waals surface area contributed by atoms with Crippen LogP contribution < -0.4 is 50.4 Å². The van der Waals surface area contributed by atoms with Gasteiger partial charge < -0.3 is 60.6 Å². The molecular weight excluding hydrogens is 502 g/mol. The average molecular weight is 546 g/mol. The first-order valence-corrected chi connectivity index (χ1v) is 12.2. The summed E-state index contributed by atoms with van der Waals surface area (Å²) in [5.74, 6) is -3.88. The van der Waals surface area contributed by atoms with E-state index in [9.17, 15) is 24.3 Å². The van der Waals surface area contributed by atoms with Crippen molar-refractivity contribution in [3.63, 3.8) is 0 Å². The Morgan fingerprint density at radius 3 is 1.53 bits per heavy atom. The molecule has 0 aromatic rings. The SMILES string of the molecule is NCCCCC(N)C(=O)NC(CCCN=C(N)N)C(=O)NC(CCCN=C(N)N)C(=O)NC(CO)C(=O)O. The van der Waals surface area contributed by atoms with Gasteiger partial charge in [-0.2, -0.15) is 0 Å². The van der Waals surface area contributed by atoms with Gasteiger partial charge in [0.15, 0.2) is 11.9 Å². The highest BCUT2D eigenvalue weighted by Gasteiger charge is 2.29. The topological polar surface area (TPSA) is 326 Å².